The summed E-state index contributed by atoms with van der Waals surface area (Å²) < 4.78 is 0. The van der Waals surface area contributed by atoms with Crippen molar-refractivity contribution in [2.75, 3.05) is 13.1 Å². The molecule has 2 heteroatoms. The summed E-state index contributed by atoms with van der Waals surface area (Å²) in [5.74, 6) is 0.410. The van der Waals surface area contributed by atoms with Gasteiger partial charge < -0.3 is 10.4 Å². The lowest BCUT2D eigenvalue weighted by molar-refractivity contribution is 0.0396. The molecule has 18 heavy (non-hydrogen) atoms. The molecule has 1 heterocycles. The predicted octanol–water partition coefficient (Wildman–Crippen LogP) is 3.20. The zero-order valence-corrected chi connectivity index (χ0v) is 11.2. The summed E-state index contributed by atoms with van der Waals surface area (Å²) in [7, 11) is 0. The summed E-state index contributed by atoms with van der Waals surface area (Å²) in [6.07, 6.45) is 6.45. The van der Waals surface area contributed by atoms with E-state index in [0.717, 1.165) is 13.1 Å². The fourth-order valence-corrected chi connectivity index (χ4v) is 4.27. The van der Waals surface area contributed by atoms with Crippen molar-refractivity contribution in [3.63, 3.8) is 0 Å². The van der Waals surface area contributed by atoms with Crippen LogP contribution in [0.3, 0.4) is 0 Å². The van der Waals surface area contributed by atoms with Gasteiger partial charge in [-0.1, -0.05) is 31.9 Å². The lowest BCUT2D eigenvalue weighted by atomic mass is 9.51. The maximum atomic E-state index is 9.80. The first-order valence-electron chi connectivity index (χ1n) is 7.17. The Morgan fingerprint density at radius 2 is 2.00 bits per heavy atom. The Morgan fingerprint density at radius 3 is 2.83 bits per heavy atom. The van der Waals surface area contributed by atoms with E-state index in [1.807, 2.05) is 12.1 Å². The molecule has 2 nitrogen and oxygen atoms in total. The number of nitrogens with one attached hydrogen (secondary N) is 1. The quantitative estimate of drug-likeness (QED) is 0.796. The van der Waals surface area contributed by atoms with E-state index in [9.17, 15) is 5.11 Å². The Kier molecular flexibility index (Phi) is 2.86. The Bertz CT molecular complexity index is 428. The Balaban J connectivity index is 2.08. The van der Waals surface area contributed by atoms with Gasteiger partial charge in [0.1, 0.15) is 5.75 Å². The molecule has 1 saturated heterocycles. The fourth-order valence-electron chi connectivity index (χ4n) is 4.27. The van der Waals surface area contributed by atoms with Crippen LogP contribution in [0.1, 0.15) is 44.6 Å². The normalized spacial score (nSPS) is 36.1. The van der Waals surface area contributed by atoms with Crippen LogP contribution in [0.4, 0.5) is 0 Å². The van der Waals surface area contributed by atoms with E-state index in [0.29, 0.717) is 11.2 Å². The second-order valence-electron chi connectivity index (χ2n) is 6.33. The fraction of sp³-hybridized carbons (Fsp3) is 0.625. The molecule has 0 radical (unpaired) electrons. The largest absolute Gasteiger partial charge is 0.508 e. The highest BCUT2D eigenvalue weighted by Gasteiger charge is 2.51. The van der Waals surface area contributed by atoms with Gasteiger partial charge in [0.25, 0.3) is 0 Å². The number of phenols is 1. The zero-order valence-electron chi connectivity index (χ0n) is 11.2. The summed E-state index contributed by atoms with van der Waals surface area (Å²) in [4.78, 5) is 0. The lowest BCUT2D eigenvalue weighted by Crippen LogP contribution is -2.56. The van der Waals surface area contributed by atoms with Crippen molar-refractivity contribution in [2.24, 2.45) is 5.41 Å². The summed E-state index contributed by atoms with van der Waals surface area (Å²) >= 11 is 0. The van der Waals surface area contributed by atoms with Gasteiger partial charge in [0.15, 0.2) is 0 Å². The number of rotatable bonds is 1. The summed E-state index contributed by atoms with van der Waals surface area (Å²) in [6.45, 7) is 4.65. The molecule has 2 fully saturated rings. The van der Waals surface area contributed by atoms with Gasteiger partial charge in [-0.2, -0.15) is 0 Å². The van der Waals surface area contributed by atoms with Gasteiger partial charge in [-0.3, -0.25) is 0 Å². The average Bonchev–Trinajstić information content (AvgIpc) is 2.38. The molecule has 0 spiro atoms. The highest BCUT2D eigenvalue weighted by atomic mass is 16.3. The summed E-state index contributed by atoms with van der Waals surface area (Å²) in [6, 6.07) is 7.99. The van der Waals surface area contributed by atoms with Crippen LogP contribution in [0.2, 0.25) is 0 Å². The van der Waals surface area contributed by atoms with Crippen molar-refractivity contribution in [3.8, 4) is 5.75 Å². The Labute approximate surface area is 109 Å². The number of aromatic hydroxyl groups is 1. The van der Waals surface area contributed by atoms with E-state index in [4.69, 9.17) is 0 Å². The monoisotopic (exact) mass is 245 g/mol. The second-order valence-corrected chi connectivity index (χ2v) is 6.33. The van der Waals surface area contributed by atoms with E-state index in [2.05, 4.69) is 18.3 Å². The molecule has 2 atom stereocenters. The summed E-state index contributed by atoms with van der Waals surface area (Å²) in [5, 5.41) is 13.4. The molecule has 1 aromatic rings. The van der Waals surface area contributed by atoms with E-state index < -0.39 is 0 Å². The number of phenolic OH excluding ortho intramolecular Hbond substituents is 1. The van der Waals surface area contributed by atoms with Crippen LogP contribution < -0.4 is 5.32 Å². The SMILES string of the molecule is C[C@@]12CCCC[C@]1(c1cccc(O)c1)CCNC2. The number of hydrogen-bond donors (Lipinski definition) is 2. The molecule has 1 aliphatic heterocycles. The number of hydrogen-bond acceptors (Lipinski definition) is 2. The predicted molar refractivity (Wildman–Crippen MR) is 73.8 cm³/mol. The molecular formula is C16H23NO. The third-order valence-electron chi connectivity index (χ3n) is 5.38. The minimum atomic E-state index is 0.273. The first kappa shape index (κ1) is 12.0. The van der Waals surface area contributed by atoms with Gasteiger partial charge in [-0.25, -0.2) is 0 Å². The van der Waals surface area contributed by atoms with E-state index >= 15 is 0 Å². The minimum absolute atomic E-state index is 0.273. The third kappa shape index (κ3) is 1.66. The van der Waals surface area contributed by atoms with Crippen molar-refractivity contribution in [1.82, 2.24) is 5.32 Å². The minimum Gasteiger partial charge on any atom is -0.508 e. The number of benzene rings is 1. The topological polar surface area (TPSA) is 32.3 Å². The lowest BCUT2D eigenvalue weighted by Gasteiger charge is -2.56. The highest BCUT2D eigenvalue weighted by molar-refractivity contribution is 5.36. The molecule has 0 aromatic heterocycles. The number of fused-ring (bicyclic) bond motifs is 1. The third-order valence-corrected chi connectivity index (χ3v) is 5.38. The Morgan fingerprint density at radius 1 is 1.17 bits per heavy atom. The maximum Gasteiger partial charge on any atom is 0.115 e. The van der Waals surface area contributed by atoms with Gasteiger partial charge in [0.05, 0.1) is 0 Å². The van der Waals surface area contributed by atoms with Crippen molar-refractivity contribution < 1.29 is 5.11 Å². The van der Waals surface area contributed by atoms with Gasteiger partial charge in [-0.05, 0) is 48.9 Å². The first-order valence-corrected chi connectivity index (χ1v) is 7.17. The molecule has 0 unspecified atom stereocenters. The van der Waals surface area contributed by atoms with Crippen molar-refractivity contribution >= 4 is 0 Å². The molecule has 0 bridgehead atoms. The molecule has 2 aliphatic rings. The van der Waals surface area contributed by atoms with Gasteiger partial charge in [-0.15, -0.1) is 0 Å². The van der Waals surface area contributed by atoms with E-state index in [1.54, 1.807) is 6.07 Å². The van der Waals surface area contributed by atoms with Crippen LogP contribution in [-0.2, 0) is 5.41 Å². The first-order chi connectivity index (χ1) is 8.66. The summed E-state index contributed by atoms with van der Waals surface area (Å²) in [5.41, 5.74) is 1.97. The molecule has 0 amide bonds. The van der Waals surface area contributed by atoms with E-state index in [1.165, 1.54) is 37.7 Å². The van der Waals surface area contributed by atoms with Crippen molar-refractivity contribution in [3.05, 3.63) is 29.8 Å². The molecule has 1 aromatic carbocycles. The molecular weight excluding hydrogens is 222 g/mol. The molecule has 2 N–H and O–H groups in total. The van der Waals surface area contributed by atoms with Crippen LogP contribution in [0.25, 0.3) is 0 Å². The maximum absolute atomic E-state index is 9.80. The molecule has 1 aliphatic carbocycles. The standard InChI is InChI=1S/C16H23NO/c1-15-7-2-3-8-16(15,9-10-17-12-15)13-5-4-6-14(18)11-13/h4-6,11,17-18H,2-3,7-10,12H2,1H3/t15-,16+/m0/s1. The van der Waals surface area contributed by atoms with Crippen LogP contribution in [-0.4, -0.2) is 18.2 Å². The zero-order chi connectivity index (χ0) is 12.6. The van der Waals surface area contributed by atoms with Gasteiger partial charge in [0, 0.05) is 12.0 Å². The average molecular weight is 245 g/mol. The highest BCUT2D eigenvalue weighted by Crippen LogP contribution is 2.55. The van der Waals surface area contributed by atoms with Crippen LogP contribution >= 0.6 is 0 Å². The van der Waals surface area contributed by atoms with Crippen molar-refractivity contribution in [1.29, 1.82) is 0 Å². The second kappa shape index (κ2) is 4.27. The van der Waals surface area contributed by atoms with Crippen LogP contribution in [0.15, 0.2) is 24.3 Å². The molecule has 98 valence electrons. The van der Waals surface area contributed by atoms with Crippen LogP contribution in [0.5, 0.6) is 5.75 Å². The van der Waals surface area contributed by atoms with Crippen LogP contribution in [0, 0.1) is 5.41 Å². The Hall–Kier alpha value is -1.02. The smallest absolute Gasteiger partial charge is 0.115 e. The van der Waals surface area contributed by atoms with Gasteiger partial charge in [0.2, 0.25) is 0 Å². The molecule has 3 rings (SSSR count). The number of piperidine rings is 1. The van der Waals surface area contributed by atoms with Gasteiger partial charge >= 0.3 is 0 Å². The molecule has 1 saturated carbocycles. The van der Waals surface area contributed by atoms with Crippen molar-refractivity contribution in [2.45, 2.75) is 44.4 Å². The van der Waals surface area contributed by atoms with E-state index in [-0.39, 0.29) is 5.41 Å².